The van der Waals surface area contributed by atoms with Crippen molar-refractivity contribution in [2.75, 3.05) is 25.1 Å². The van der Waals surface area contributed by atoms with E-state index in [1.54, 1.807) is 23.9 Å². The Morgan fingerprint density at radius 3 is 2.45 bits per heavy atom. The normalized spacial score (nSPS) is 13.3. The number of thioether (sulfide) groups is 1. The van der Waals surface area contributed by atoms with Gasteiger partial charge in [-0.2, -0.15) is 11.8 Å². The van der Waals surface area contributed by atoms with Crippen molar-refractivity contribution in [3.05, 3.63) is 29.8 Å². The summed E-state index contributed by atoms with van der Waals surface area (Å²) >= 11 is 1.63. The van der Waals surface area contributed by atoms with Gasteiger partial charge in [0.1, 0.15) is 0 Å². The first-order valence-corrected chi connectivity index (χ1v) is 9.68. The van der Waals surface area contributed by atoms with Crippen molar-refractivity contribution < 1.29 is 8.42 Å². The first-order chi connectivity index (χ1) is 9.49. The summed E-state index contributed by atoms with van der Waals surface area (Å²) in [5.41, 5.74) is 1.14. The molecule has 1 aromatic carbocycles. The van der Waals surface area contributed by atoms with E-state index in [0.29, 0.717) is 4.90 Å². The number of likely N-dealkylation sites (N-methyl/N-ethyl adjacent to an activating group) is 1. The van der Waals surface area contributed by atoms with Crippen LogP contribution in [0, 0.1) is 0 Å². The maximum absolute atomic E-state index is 12.2. The molecule has 0 aromatic heterocycles. The lowest BCUT2D eigenvalue weighted by molar-refractivity contribution is 0.571. The van der Waals surface area contributed by atoms with Gasteiger partial charge in [-0.05, 0) is 50.4 Å². The van der Waals surface area contributed by atoms with Crippen LogP contribution in [0.4, 0.5) is 0 Å². The number of sulfonamides is 1. The molecule has 0 aliphatic rings. The van der Waals surface area contributed by atoms with Crippen LogP contribution in [0.1, 0.15) is 19.4 Å². The summed E-state index contributed by atoms with van der Waals surface area (Å²) in [7, 11) is -3.40. The molecule has 2 N–H and O–H groups in total. The van der Waals surface area contributed by atoms with Gasteiger partial charge < -0.3 is 5.32 Å². The van der Waals surface area contributed by atoms with Gasteiger partial charge in [0.2, 0.25) is 10.0 Å². The standard InChI is InChI=1S/C14H24N2O2S2/c1-4-15-10-9-13-5-7-14(8-6-13)20(17,18)16-12(2)11-19-3/h5-8,12,15-16H,4,9-11H2,1-3H3. The summed E-state index contributed by atoms with van der Waals surface area (Å²) in [6.07, 6.45) is 2.87. The Hall–Kier alpha value is -0.560. The Morgan fingerprint density at radius 1 is 1.25 bits per heavy atom. The van der Waals surface area contributed by atoms with Crippen molar-refractivity contribution in [1.29, 1.82) is 0 Å². The SMILES string of the molecule is CCNCCc1ccc(S(=O)(=O)NC(C)CSC)cc1. The van der Waals surface area contributed by atoms with E-state index in [2.05, 4.69) is 17.0 Å². The molecule has 1 rings (SSSR count). The molecule has 6 heteroatoms. The highest BCUT2D eigenvalue weighted by Gasteiger charge is 2.16. The van der Waals surface area contributed by atoms with Gasteiger partial charge in [-0.1, -0.05) is 19.1 Å². The van der Waals surface area contributed by atoms with E-state index in [1.165, 1.54) is 0 Å². The van der Waals surface area contributed by atoms with Crippen LogP contribution >= 0.6 is 11.8 Å². The van der Waals surface area contributed by atoms with Crippen molar-refractivity contribution >= 4 is 21.8 Å². The van der Waals surface area contributed by atoms with Crippen LogP contribution < -0.4 is 10.0 Å². The van der Waals surface area contributed by atoms with Crippen molar-refractivity contribution in [2.45, 2.75) is 31.2 Å². The highest BCUT2D eigenvalue weighted by molar-refractivity contribution is 7.98. The second-order valence-corrected chi connectivity index (χ2v) is 7.35. The van der Waals surface area contributed by atoms with Gasteiger partial charge in [0.05, 0.1) is 4.90 Å². The van der Waals surface area contributed by atoms with Gasteiger partial charge in [0.25, 0.3) is 0 Å². The number of hydrogen-bond donors (Lipinski definition) is 2. The molecule has 0 bridgehead atoms. The molecule has 0 fully saturated rings. The van der Waals surface area contributed by atoms with Crippen molar-refractivity contribution in [3.8, 4) is 0 Å². The second-order valence-electron chi connectivity index (χ2n) is 4.73. The summed E-state index contributed by atoms with van der Waals surface area (Å²) in [5.74, 6) is 0.764. The Morgan fingerprint density at radius 2 is 1.90 bits per heavy atom. The summed E-state index contributed by atoms with van der Waals surface area (Å²) in [5, 5.41) is 3.25. The van der Waals surface area contributed by atoms with Gasteiger partial charge in [-0.3, -0.25) is 0 Å². The average molecular weight is 316 g/mol. The molecule has 1 aromatic rings. The first-order valence-electron chi connectivity index (χ1n) is 6.80. The zero-order valence-electron chi connectivity index (χ0n) is 12.3. The third kappa shape index (κ3) is 5.83. The lowest BCUT2D eigenvalue weighted by Gasteiger charge is -2.13. The van der Waals surface area contributed by atoms with Crippen molar-refractivity contribution in [1.82, 2.24) is 10.0 Å². The fraction of sp³-hybridized carbons (Fsp3) is 0.571. The summed E-state index contributed by atoms with van der Waals surface area (Å²) < 4.78 is 27.0. The molecule has 4 nitrogen and oxygen atoms in total. The molecule has 20 heavy (non-hydrogen) atoms. The molecule has 0 saturated carbocycles. The molecule has 0 aliphatic carbocycles. The molecule has 1 unspecified atom stereocenters. The fourth-order valence-corrected chi connectivity index (χ4v) is 3.79. The minimum absolute atomic E-state index is 0.0663. The maximum atomic E-state index is 12.2. The fourth-order valence-electron chi connectivity index (χ4n) is 1.86. The van der Waals surface area contributed by atoms with Crippen molar-refractivity contribution in [3.63, 3.8) is 0 Å². The highest BCUT2D eigenvalue weighted by atomic mass is 32.2. The van der Waals surface area contributed by atoms with E-state index in [4.69, 9.17) is 0 Å². The third-order valence-electron chi connectivity index (χ3n) is 2.85. The highest BCUT2D eigenvalue weighted by Crippen LogP contribution is 2.12. The number of hydrogen-bond acceptors (Lipinski definition) is 4. The van der Waals surface area contributed by atoms with Gasteiger partial charge >= 0.3 is 0 Å². The largest absolute Gasteiger partial charge is 0.317 e. The topological polar surface area (TPSA) is 58.2 Å². The molecular weight excluding hydrogens is 292 g/mol. The van der Waals surface area contributed by atoms with Gasteiger partial charge in [-0.25, -0.2) is 13.1 Å². The van der Waals surface area contributed by atoms with Gasteiger partial charge in [-0.15, -0.1) is 0 Å². The van der Waals surface area contributed by atoms with Crippen LogP contribution in [0.2, 0.25) is 0 Å². The van der Waals surface area contributed by atoms with E-state index in [0.717, 1.165) is 30.8 Å². The monoisotopic (exact) mass is 316 g/mol. The molecule has 0 saturated heterocycles. The van der Waals surface area contributed by atoms with E-state index in [9.17, 15) is 8.42 Å². The lowest BCUT2D eigenvalue weighted by atomic mass is 10.1. The lowest BCUT2D eigenvalue weighted by Crippen LogP contribution is -2.34. The molecule has 0 radical (unpaired) electrons. The summed E-state index contributed by atoms with van der Waals surface area (Å²) in [6, 6.07) is 7.05. The minimum atomic E-state index is -3.40. The Balaban J connectivity index is 2.66. The van der Waals surface area contributed by atoms with Gasteiger partial charge in [0, 0.05) is 11.8 Å². The van der Waals surface area contributed by atoms with E-state index in [1.807, 2.05) is 25.3 Å². The predicted octanol–water partition coefficient (Wildman–Crippen LogP) is 1.87. The molecule has 114 valence electrons. The van der Waals surface area contributed by atoms with Crippen LogP contribution in [0.25, 0.3) is 0 Å². The quantitative estimate of drug-likeness (QED) is 0.683. The van der Waals surface area contributed by atoms with Crippen molar-refractivity contribution in [2.24, 2.45) is 0 Å². The molecule has 1 atom stereocenters. The van der Waals surface area contributed by atoms with Crippen LogP contribution in [0.15, 0.2) is 29.2 Å². The Bertz CT molecular complexity index is 486. The maximum Gasteiger partial charge on any atom is 0.240 e. The molecule has 0 aliphatic heterocycles. The van der Waals surface area contributed by atoms with E-state index >= 15 is 0 Å². The average Bonchev–Trinajstić information content (AvgIpc) is 2.39. The zero-order valence-corrected chi connectivity index (χ0v) is 14.0. The Labute approximate surface area is 126 Å². The molecule has 0 heterocycles. The van der Waals surface area contributed by atoms with Crippen LogP contribution in [-0.4, -0.2) is 39.6 Å². The number of rotatable bonds is 9. The van der Waals surface area contributed by atoms with E-state index in [-0.39, 0.29) is 6.04 Å². The zero-order chi connectivity index (χ0) is 15.0. The number of nitrogens with one attached hydrogen (secondary N) is 2. The third-order valence-corrected chi connectivity index (χ3v) is 5.29. The van der Waals surface area contributed by atoms with Gasteiger partial charge in [0.15, 0.2) is 0 Å². The smallest absolute Gasteiger partial charge is 0.240 e. The second kappa shape index (κ2) is 8.67. The van der Waals surface area contributed by atoms with Crippen LogP contribution in [0.5, 0.6) is 0 Å². The van der Waals surface area contributed by atoms with Crippen LogP contribution in [-0.2, 0) is 16.4 Å². The minimum Gasteiger partial charge on any atom is -0.317 e. The molecule has 0 spiro atoms. The van der Waals surface area contributed by atoms with Crippen LogP contribution in [0.3, 0.4) is 0 Å². The summed E-state index contributed by atoms with van der Waals surface area (Å²) in [6.45, 7) is 5.80. The number of benzene rings is 1. The Kier molecular flexibility index (Phi) is 7.58. The van der Waals surface area contributed by atoms with E-state index < -0.39 is 10.0 Å². The first kappa shape index (κ1) is 17.5. The summed E-state index contributed by atoms with van der Waals surface area (Å²) in [4.78, 5) is 0.331. The molecule has 0 amide bonds. The predicted molar refractivity (Wildman–Crippen MR) is 86.9 cm³/mol. The molecular formula is C14H24N2O2S2.